The van der Waals surface area contributed by atoms with E-state index < -0.39 is 23.3 Å². The average molecular weight is 397 g/mol. The highest BCUT2D eigenvalue weighted by atomic mass is 79.9. The Hall–Kier alpha value is -1.89. The van der Waals surface area contributed by atoms with Crippen LogP contribution in [0.4, 0.5) is 4.79 Å². The van der Waals surface area contributed by atoms with Crippen LogP contribution in [-0.4, -0.2) is 33.0 Å². The second kappa shape index (κ2) is 6.20. The molecule has 0 saturated heterocycles. The first-order valence-electron chi connectivity index (χ1n) is 7.52. The van der Waals surface area contributed by atoms with Crippen LogP contribution in [0.2, 0.25) is 0 Å². The number of ether oxygens (including phenoxy) is 2. The van der Waals surface area contributed by atoms with Crippen molar-refractivity contribution in [3.05, 3.63) is 28.4 Å². The Morgan fingerprint density at radius 3 is 2.17 bits per heavy atom. The smallest absolute Gasteiger partial charge is 0.435 e. The van der Waals surface area contributed by atoms with E-state index in [0.29, 0.717) is 10.9 Å². The van der Waals surface area contributed by atoms with E-state index in [1.54, 1.807) is 59.7 Å². The highest BCUT2D eigenvalue weighted by Crippen LogP contribution is 2.25. The van der Waals surface area contributed by atoms with Crippen LogP contribution in [0.1, 0.15) is 52.0 Å². The van der Waals surface area contributed by atoms with Gasteiger partial charge in [0.25, 0.3) is 0 Å². The third kappa shape index (κ3) is 4.35. The zero-order valence-corrected chi connectivity index (χ0v) is 16.2. The van der Waals surface area contributed by atoms with Gasteiger partial charge in [-0.05, 0) is 59.7 Å². The summed E-state index contributed by atoms with van der Waals surface area (Å²) in [6, 6.07) is 5.19. The Morgan fingerprint density at radius 2 is 1.62 bits per heavy atom. The van der Waals surface area contributed by atoms with E-state index >= 15 is 0 Å². The number of hydrogen-bond donors (Lipinski definition) is 0. The van der Waals surface area contributed by atoms with E-state index in [0.717, 1.165) is 9.15 Å². The Balaban J connectivity index is 2.55. The van der Waals surface area contributed by atoms with Crippen molar-refractivity contribution >= 4 is 38.9 Å². The van der Waals surface area contributed by atoms with Gasteiger partial charge in [0.15, 0.2) is 5.69 Å². The maximum atomic E-state index is 12.4. The van der Waals surface area contributed by atoms with Gasteiger partial charge in [-0.25, -0.2) is 9.59 Å². The van der Waals surface area contributed by atoms with Crippen LogP contribution < -0.4 is 0 Å². The van der Waals surface area contributed by atoms with Gasteiger partial charge >= 0.3 is 12.1 Å². The van der Waals surface area contributed by atoms with Gasteiger partial charge in [-0.2, -0.15) is 9.78 Å². The van der Waals surface area contributed by atoms with Crippen molar-refractivity contribution in [1.82, 2.24) is 9.78 Å². The number of carbonyl (C=O) groups excluding carboxylic acids is 2. The molecule has 0 saturated carbocycles. The first-order chi connectivity index (χ1) is 10.9. The van der Waals surface area contributed by atoms with Gasteiger partial charge in [0.05, 0.1) is 5.52 Å². The molecule has 7 heteroatoms. The van der Waals surface area contributed by atoms with Gasteiger partial charge in [-0.1, -0.05) is 15.9 Å². The van der Waals surface area contributed by atoms with Crippen molar-refractivity contribution in [2.24, 2.45) is 0 Å². The Bertz CT molecular complexity index is 797. The lowest BCUT2D eigenvalue weighted by molar-refractivity contribution is 0.00643. The minimum absolute atomic E-state index is 0.0760. The van der Waals surface area contributed by atoms with Crippen LogP contribution in [0.25, 0.3) is 10.9 Å². The maximum absolute atomic E-state index is 12.4. The van der Waals surface area contributed by atoms with Crippen molar-refractivity contribution in [1.29, 1.82) is 0 Å². The monoisotopic (exact) mass is 396 g/mol. The molecule has 0 spiro atoms. The number of fused-ring (bicyclic) bond motifs is 1. The topological polar surface area (TPSA) is 70.4 Å². The predicted molar refractivity (Wildman–Crippen MR) is 94.2 cm³/mol. The Labute approximate surface area is 149 Å². The summed E-state index contributed by atoms with van der Waals surface area (Å²) in [7, 11) is 0. The summed E-state index contributed by atoms with van der Waals surface area (Å²) in [6.45, 7) is 10.6. The van der Waals surface area contributed by atoms with E-state index in [-0.39, 0.29) is 5.69 Å². The van der Waals surface area contributed by atoms with Gasteiger partial charge in [-0.15, -0.1) is 0 Å². The summed E-state index contributed by atoms with van der Waals surface area (Å²) >= 11 is 3.37. The highest BCUT2D eigenvalue weighted by Gasteiger charge is 2.27. The summed E-state index contributed by atoms with van der Waals surface area (Å²) in [5, 5.41) is 4.66. The van der Waals surface area contributed by atoms with Crippen LogP contribution in [-0.2, 0) is 9.47 Å². The maximum Gasteiger partial charge on any atom is 0.435 e. The standard InChI is InChI=1S/C17H21BrN2O4/c1-16(2,3)23-14(21)13-11-9-10(18)7-8-12(11)20(19-13)15(22)24-17(4,5)6/h7-9H,1-6H3. The van der Waals surface area contributed by atoms with Crippen molar-refractivity contribution in [3.63, 3.8) is 0 Å². The molecule has 0 aliphatic rings. The van der Waals surface area contributed by atoms with Gasteiger partial charge in [0.2, 0.25) is 0 Å². The predicted octanol–water partition coefficient (Wildman–Crippen LogP) is 4.54. The zero-order chi connectivity index (χ0) is 18.3. The largest absolute Gasteiger partial charge is 0.455 e. The van der Waals surface area contributed by atoms with Crippen LogP contribution in [0, 0.1) is 0 Å². The van der Waals surface area contributed by atoms with Crippen molar-refractivity contribution < 1.29 is 19.1 Å². The molecular formula is C17H21BrN2O4. The molecule has 130 valence electrons. The molecule has 2 aromatic rings. The molecule has 0 aliphatic carbocycles. The first kappa shape index (κ1) is 18.4. The van der Waals surface area contributed by atoms with Crippen molar-refractivity contribution in [3.8, 4) is 0 Å². The summed E-state index contributed by atoms with van der Waals surface area (Å²) in [6.07, 6.45) is -0.648. The van der Waals surface area contributed by atoms with E-state index in [4.69, 9.17) is 9.47 Å². The quantitative estimate of drug-likeness (QED) is 0.661. The first-order valence-corrected chi connectivity index (χ1v) is 8.32. The normalized spacial score (nSPS) is 12.3. The molecule has 0 aliphatic heterocycles. The van der Waals surface area contributed by atoms with E-state index in [1.807, 2.05) is 0 Å². The number of carbonyl (C=O) groups is 2. The third-order valence-electron chi connectivity index (χ3n) is 2.80. The number of benzene rings is 1. The third-order valence-corrected chi connectivity index (χ3v) is 3.29. The molecular weight excluding hydrogens is 376 g/mol. The molecule has 1 aromatic heterocycles. The van der Waals surface area contributed by atoms with E-state index in [1.165, 1.54) is 0 Å². The second-order valence-corrected chi connectivity index (χ2v) is 8.32. The van der Waals surface area contributed by atoms with Crippen molar-refractivity contribution in [2.75, 3.05) is 0 Å². The minimum Gasteiger partial charge on any atom is -0.455 e. The lowest BCUT2D eigenvalue weighted by Gasteiger charge is -2.19. The molecule has 0 unspecified atom stereocenters. The summed E-state index contributed by atoms with van der Waals surface area (Å²) in [5.41, 5.74) is -0.776. The summed E-state index contributed by atoms with van der Waals surface area (Å²) in [5.74, 6) is -0.590. The van der Waals surface area contributed by atoms with Crippen LogP contribution in [0.15, 0.2) is 22.7 Å². The van der Waals surface area contributed by atoms with Gasteiger partial charge in [-0.3, -0.25) is 0 Å². The molecule has 1 aromatic carbocycles. The fourth-order valence-corrected chi connectivity index (χ4v) is 2.37. The number of aromatic nitrogens is 2. The molecule has 0 radical (unpaired) electrons. The number of rotatable bonds is 1. The fraction of sp³-hybridized carbons (Fsp3) is 0.471. The molecule has 6 nitrogen and oxygen atoms in total. The highest BCUT2D eigenvalue weighted by molar-refractivity contribution is 9.10. The number of hydrogen-bond acceptors (Lipinski definition) is 5. The molecule has 0 amide bonds. The van der Waals surface area contributed by atoms with Crippen LogP contribution in [0.5, 0.6) is 0 Å². The number of nitrogens with zero attached hydrogens (tertiary/aromatic N) is 2. The summed E-state index contributed by atoms with van der Waals surface area (Å²) in [4.78, 5) is 24.8. The van der Waals surface area contributed by atoms with E-state index in [2.05, 4.69) is 21.0 Å². The van der Waals surface area contributed by atoms with Gasteiger partial charge in [0, 0.05) is 9.86 Å². The molecule has 1 heterocycles. The van der Waals surface area contributed by atoms with Crippen LogP contribution in [0.3, 0.4) is 0 Å². The van der Waals surface area contributed by atoms with E-state index in [9.17, 15) is 9.59 Å². The van der Waals surface area contributed by atoms with Gasteiger partial charge < -0.3 is 9.47 Å². The minimum atomic E-state index is -0.670. The molecule has 24 heavy (non-hydrogen) atoms. The van der Waals surface area contributed by atoms with Crippen LogP contribution >= 0.6 is 15.9 Å². The summed E-state index contributed by atoms with van der Waals surface area (Å²) < 4.78 is 12.6. The Morgan fingerprint density at radius 1 is 1.04 bits per heavy atom. The lowest BCUT2D eigenvalue weighted by atomic mass is 10.2. The molecule has 0 N–H and O–H groups in total. The molecule has 0 bridgehead atoms. The van der Waals surface area contributed by atoms with Crippen molar-refractivity contribution in [2.45, 2.75) is 52.7 Å². The lowest BCUT2D eigenvalue weighted by Crippen LogP contribution is -2.28. The molecule has 0 atom stereocenters. The second-order valence-electron chi connectivity index (χ2n) is 7.40. The number of halogens is 1. The fourth-order valence-electron chi connectivity index (χ4n) is 2.01. The SMILES string of the molecule is CC(C)(C)OC(=O)c1nn(C(=O)OC(C)(C)C)c2ccc(Br)cc12. The van der Waals surface area contributed by atoms with Gasteiger partial charge in [0.1, 0.15) is 11.2 Å². The number of esters is 1. The Kier molecular flexibility index (Phi) is 4.77. The average Bonchev–Trinajstić information content (AvgIpc) is 2.73. The zero-order valence-electron chi connectivity index (χ0n) is 14.6. The molecule has 2 rings (SSSR count). The molecule has 0 fully saturated rings.